The normalized spacial score (nSPS) is 10.9. The molecule has 0 aliphatic carbocycles. The standard InChI is InChI=1S/C62H58O12/c1-31-17-15-18-32(2)55(31)73-61(67)49-25-23-47(37(7)39(49)9)59(65)71-53-29-27-51(41(11)43(53)13)69-57(63)45-21-22-46(36(6)35(45)5)58(64)70-52-28-30-54(44(14)42(52)12)72-60(66)48-24-26-50(40(10)38(48)8)62(68)74-56-33(3)19-16-20-34(56)4/h15-30H,1-14H3. The van der Waals surface area contributed by atoms with E-state index >= 15 is 0 Å². The van der Waals surface area contributed by atoms with E-state index in [0.29, 0.717) is 78.3 Å². The second-order valence-corrected chi connectivity index (χ2v) is 18.6. The van der Waals surface area contributed by atoms with Gasteiger partial charge in [-0.05, 0) is 235 Å². The maximum atomic E-state index is 13.7. The van der Waals surface area contributed by atoms with E-state index in [9.17, 15) is 28.8 Å². The first-order valence-corrected chi connectivity index (χ1v) is 24.0. The first-order valence-electron chi connectivity index (χ1n) is 24.0. The van der Waals surface area contributed by atoms with Gasteiger partial charge in [-0.3, -0.25) is 0 Å². The minimum absolute atomic E-state index is 0.231. The smallest absolute Gasteiger partial charge is 0.343 e. The number of hydrogen-bond acceptors (Lipinski definition) is 12. The second-order valence-electron chi connectivity index (χ2n) is 18.6. The Morgan fingerprint density at radius 1 is 0.230 bits per heavy atom. The van der Waals surface area contributed by atoms with E-state index in [0.717, 1.165) is 22.3 Å². The van der Waals surface area contributed by atoms with Crippen LogP contribution < -0.4 is 28.4 Å². The van der Waals surface area contributed by atoms with E-state index in [2.05, 4.69) is 0 Å². The Bertz CT molecular complexity index is 3230. The number of carbonyl (C=O) groups is 6. The molecule has 0 spiro atoms. The Balaban J connectivity index is 0.985. The summed E-state index contributed by atoms with van der Waals surface area (Å²) in [6.45, 7) is 24.9. The third kappa shape index (κ3) is 10.6. The fraction of sp³-hybridized carbons (Fsp3) is 0.226. The van der Waals surface area contributed by atoms with Crippen molar-refractivity contribution in [2.45, 2.75) is 96.9 Å². The van der Waals surface area contributed by atoms with Crippen LogP contribution in [0.2, 0.25) is 0 Å². The van der Waals surface area contributed by atoms with Crippen LogP contribution in [-0.2, 0) is 0 Å². The van der Waals surface area contributed by atoms with Crippen LogP contribution >= 0.6 is 0 Å². The SMILES string of the molecule is Cc1cccc(C)c1OC(=O)c1ccc(C(=O)Oc2ccc(OC(=O)c3ccc(C(=O)Oc4ccc(OC(=O)c5ccc(C(=O)Oc6c(C)cccc6C)c(C)c5C)c(C)c4C)c(C)c3C)c(C)c2C)c(C)c1C. The molecule has 0 N–H and O–H groups in total. The molecular formula is C62H58O12. The van der Waals surface area contributed by atoms with Gasteiger partial charge in [0, 0.05) is 0 Å². The van der Waals surface area contributed by atoms with Gasteiger partial charge in [-0.25, -0.2) is 28.8 Å². The highest BCUT2D eigenvalue weighted by molar-refractivity contribution is 6.00. The average molecular weight is 995 g/mol. The van der Waals surface area contributed by atoms with Crippen molar-refractivity contribution in [3.8, 4) is 34.5 Å². The van der Waals surface area contributed by atoms with Crippen LogP contribution in [0.5, 0.6) is 34.5 Å². The predicted molar refractivity (Wildman–Crippen MR) is 281 cm³/mol. The molecular weight excluding hydrogens is 937 g/mol. The van der Waals surface area contributed by atoms with E-state index in [-0.39, 0.29) is 45.3 Å². The maximum Gasteiger partial charge on any atom is 0.343 e. The van der Waals surface area contributed by atoms with Crippen molar-refractivity contribution in [3.63, 3.8) is 0 Å². The number of rotatable bonds is 12. The Hall–Kier alpha value is -8.64. The summed E-state index contributed by atoms with van der Waals surface area (Å²) in [4.78, 5) is 80.9. The molecule has 0 atom stereocenters. The number of carbonyl (C=O) groups excluding carboxylic acids is 6. The molecule has 7 rings (SSSR count). The van der Waals surface area contributed by atoms with Gasteiger partial charge in [0.05, 0.1) is 33.4 Å². The molecule has 0 saturated heterocycles. The molecule has 12 heteroatoms. The summed E-state index contributed by atoms with van der Waals surface area (Å²) in [5.74, 6) is -1.60. The number of esters is 6. The molecule has 0 saturated carbocycles. The maximum absolute atomic E-state index is 13.7. The van der Waals surface area contributed by atoms with Crippen LogP contribution in [0, 0.1) is 96.9 Å². The summed E-state index contributed by atoms with van der Waals surface area (Å²) in [5, 5.41) is 0. The molecule has 378 valence electrons. The summed E-state index contributed by atoms with van der Waals surface area (Å²) in [6, 6.07) is 26.7. The van der Waals surface area contributed by atoms with E-state index in [1.807, 2.05) is 64.1 Å². The highest BCUT2D eigenvalue weighted by atomic mass is 16.6. The van der Waals surface area contributed by atoms with Crippen molar-refractivity contribution in [1.29, 1.82) is 0 Å². The van der Waals surface area contributed by atoms with Crippen molar-refractivity contribution < 1.29 is 57.2 Å². The lowest BCUT2D eigenvalue weighted by Gasteiger charge is -2.17. The summed E-state index contributed by atoms with van der Waals surface area (Å²) >= 11 is 0. The van der Waals surface area contributed by atoms with Crippen LogP contribution in [0.3, 0.4) is 0 Å². The minimum Gasteiger partial charge on any atom is -0.423 e. The Morgan fingerprint density at radius 2 is 0.405 bits per heavy atom. The van der Waals surface area contributed by atoms with Gasteiger partial charge in [0.2, 0.25) is 0 Å². The fourth-order valence-electron chi connectivity index (χ4n) is 8.61. The molecule has 0 aliphatic heterocycles. The summed E-state index contributed by atoms with van der Waals surface area (Å²) in [6.07, 6.45) is 0. The average Bonchev–Trinajstić information content (AvgIpc) is 3.35. The van der Waals surface area contributed by atoms with Crippen LogP contribution in [-0.4, -0.2) is 35.8 Å². The van der Waals surface area contributed by atoms with Gasteiger partial charge in [0.1, 0.15) is 34.5 Å². The van der Waals surface area contributed by atoms with Crippen molar-refractivity contribution in [2.75, 3.05) is 0 Å². The van der Waals surface area contributed by atoms with Gasteiger partial charge < -0.3 is 28.4 Å². The van der Waals surface area contributed by atoms with Crippen LogP contribution in [0.1, 0.15) is 140 Å². The predicted octanol–water partition coefficient (Wildman–Crippen LogP) is 13.3. The van der Waals surface area contributed by atoms with Crippen molar-refractivity contribution >= 4 is 35.8 Å². The molecule has 0 aromatic heterocycles. The molecule has 0 bridgehead atoms. The minimum atomic E-state index is -0.659. The highest BCUT2D eigenvalue weighted by Gasteiger charge is 2.26. The summed E-state index contributed by atoms with van der Waals surface area (Å²) in [7, 11) is 0. The van der Waals surface area contributed by atoms with Crippen molar-refractivity contribution in [2.24, 2.45) is 0 Å². The molecule has 0 heterocycles. The molecule has 7 aromatic carbocycles. The van der Waals surface area contributed by atoms with E-state index in [4.69, 9.17) is 28.4 Å². The molecule has 0 radical (unpaired) electrons. The number of aryl methyl sites for hydroxylation is 4. The van der Waals surface area contributed by atoms with Gasteiger partial charge in [0.25, 0.3) is 0 Å². The monoisotopic (exact) mass is 994 g/mol. The van der Waals surface area contributed by atoms with Crippen LogP contribution in [0.4, 0.5) is 0 Å². The molecule has 0 fully saturated rings. The van der Waals surface area contributed by atoms with Gasteiger partial charge in [-0.1, -0.05) is 36.4 Å². The Kier molecular flexibility index (Phi) is 15.5. The highest BCUT2D eigenvalue weighted by Crippen LogP contribution is 2.35. The lowest BCUT2D eigenvalue weighted by atomic mass is 9.97. The second kappa shape index (κ2) is 21.6. The number of hydrogen-bond donors (Lipinski definition) is 0. The molecule has 0 aliphatic rings. The fourth-order valence-corrected chi connectivity index (χ4v) is 8.61. The first kappa shape index (κ1) is 53.2. The third-order valence-corrected chi connectivity index (χ3v) is 14.1. The third-order valence-electron chi connectivity index (χ3n) is 14.1. The van der Waals surface area contributed by atoms with Gasteiger partial charge in [-0.2, -0.15) is 0 Å². The Labute approximate surface area is 431 Å². The van der Waals surface area contributed by atoms with Crippen LogP contribution in [0.25, 0.3) is 0 Å². The number of para-hydroxylation sites is 2. The topological polar surface area (TPSA) is 158 Å². The first-order chi connectivity index (χ1) is 35.0. The zero-order chi connectivity index (χ0) is 54.0. The zero-order valence-corrected chi connectivity index (χ0v) is 44.1. The van der Waals surface area contributed by atoms with Gasteiger partial charge >= 0.3 is 35.8 Å². The number of benzene rings is 7. The van der Waals surface area contributed by atoms with Gasteiger partial charge in [0.15, 0.2) is 0 Å². The van der Waals surface area contributed by atoms with Crippen LogP contribution in [0.15, 0.2) is 97.1 Å². The van der Waals surface area contributed by atoms with E-state index in [1.54, 1.807) is 118 Å². The molecule has 12 nitrogen and oxygen atoms in total. The number of ether oxygens (including phenoxy) is 6. The zero-order valence-electron chi connectivity index (χ0n) is 44.1. The Morgan fingerprint density at radius 3 is 0.595 bits per heavy atom. The molecule has 0 unspecified atom stereocenters. The van der Waals surface area contributed by atoms with Crippen molar-refractivity contribution in [3.05, 3.63) is 208 Å². The summed E-state index contributed by atoms with van der Waals surface area (Å²) in [5.41, 5.74) is 10.6. The summed E-state index contributed by atoms with van der Waals surface area (Å²) < 4.78 is 35.0. The lowest BCUT2D eigenvalue weighted by Crippen LogP contribution is -2.17. The van der Waals surface area contributed by atoms with Crippen molar-refractivity contribution in [1.82, 2.24) is 0 Å². The molecule has 0 amide bonds. The lowest BCUT2D eigenvalue weighted by molar-refractivity contribution is 0.0712. The molecule has 74 heavy (non-hydrogen) atoms. The molecule has 7 aromatic rings. The van der Waals surface area contributed by atoms with E-state index in [1.165, 1.54) is 12.1 Å². The van der Waals surface area contributed by atoms with Gasteiger partial charge in [-0.15, -0.1) is 0 Å². The largest absolute Gasteiger partial charge is 0.423 e. The van der Waals surface area contributed by atoms with E-state index < -0.39 is 35.8 Å². The quantitative estimate of drug-likeness (QED) is 0.0844.